The Labute approximate surface area is 123 Å². The smallest absolute Gasteiger partial charge is 0.193 e. The van der Waals surface area contributed by atoms with Crippen LogP contribution in [0.15, 0.2) is 4.99 Å². The van der Waals surface area contributed by atoms with E-state index in [9.17, 15) is 0 Å². The zero-order chi connectivity index (χ0) is 13.8. The van der Waals surface area contributed by atoms with Gasteiger partial charge in [0.2, 0.25) is 0 Å². The predicted molar refractivity (Wildman–Crippen MR) is 82.0 cm³/mol. The summed E-state index contributed by atoms with van der Waals surface area (Å²) in [7, 11) is 0. The maximum Gasteiger partial charge on any atom is 0.193 e. The zero-order valence-corrected chi connectivity index (χ0v) is 12.9. The van der Waals surface area contributed by atoms with Gasteiger partial charge in [0.05, 0.1) is 6.61 Å². The van der Waals surface area contributed by atoms with Crippen molar-refractivity contribution in [1.29, 1.82) is 0 Å². The van der Waals surface area contributed by atoms with E-state index < -0.39 is 0 Å². The average molecular weight is 279 g/mol. The SMILES string of the molecule is CCNC(=NCCCC1CC1)N1CCC2(CCOC2)C1. The van der Waals surface area contributed by atoms with Crippen LogP contribution in [0.25, 0.3) is 0 Å². The normalized spacial score (nSPS) is 30.4. The third-order valence-electron chi connectivity index (χ3n) is 4.99. The standard InChI is InChI=1S/C16H29N3O/c1-2-17-15(18-9-3-4-14-5-6-14)19-10-7-16(12-19)8-11-20-13-16/h14H,2-13H2,1H3,(H,17,18). The molecule has 3 fully saturated rings. The lowest BCUT2D eigenvalue weighted by molar-refractivity contribution is 0.156. The number of likely N-dealkylation sites (tertiary alicyclic amines) is 1. The van der Waals surface area contributed by atoms with Crippen LogP contribution in [-0.4, -0.2) is 50.3 Å². The van der Waals surface area contributed by atoms with Gasteiger partial charge in [-0.25, -0.2) is 0 Å². The maximum absolute atomic E-state index is 5.62. The Morgan fingerprint density at radius 3 is 3.00 bits per heavy atom. The molecule has 20 heavy (non-hydrogen) atoms. The molecule has 0 aromatic heterocycles. The van der Waals surface area contributed by atoms with E-state index in [1.807, 2.05) is 0 Å². The number of nitrogens with zero attached hydrogens (tertiary/aromatic N) is 2. The lowest BCUT2D eigenvalue weighted by atomic mass is 9.87. The van der Waals surface area contributed by atoms with Gasteiger partial charge >= 0.3 is 0 Å². The number of hydrogen-bond acceptors (Lipinski definition) is 2. The molecule has 1 atom stereocenters. The molecule has 0 amide bonds. The van der Waals surface area contributed by atoms with Crippen LogP contribution in [0.5, 0.6) is 0 Å². The van der Waals surface area contributed by atoms with E-state index in [-0.39, 0.29) is 0 Å². The molecular formula is C16H29N3O. The van der Waals surface area contributed by atoms with Gasteiger partial charge in [0.1, 0.15) is 0 Å². The highest BCUT2D eigenvalue weighted by Gasteiger charge is 2.42. The summed E-state index contributed by atoms with van der Waals surface area (Å²) in [6.45, 7) is 8.26. The molecule has 4 nitrogen and oxygen atoms in total. The third-order valence-corrected chi connectivity index (χ3v) is 4.99. The van der Waals surface area contributed by atoms with Crippen molar-refractivity contribution in [2.24, 2.45) is 16.3 Å². The van der Waals surface area contributed by atoms with Crippen molar-refractivity contribution >= 4 is 5.96 Å². The molecule has 0 radical (unpaired) electrons. The van der Waals surface area contributed by atoms with Crippen LogP contribution < -0.4 is 5.32 Å². The van der Waals surface area contributed by atoms with Gasteiger partial charge in [-0.3, -0.25) is 4.99 Å². The molecular weight excluding hydrogens is 250 g/mol. The number of guanidine groups is 1. The summed E-state index contributed by atoms with van der Waals surface area (Å²) in [5.74, 6) is 2.16. The Bertz CT molecular complexity index is 346. The molecule has 1 N–H and O–H groups in total. The van der Waals surface area contributed by atoms with Gasteiger partial charge in [0, 0.05) is 38.2 Å². The molecule has 0 aromatic carbocycles. The van der Waals surface area contributed by atoms with E-state index in [2.05, 4.69) is 17.1 Å². The van der Waals surface area contributed by atoms with Gasteiger partial charge in [0.25, 0.3) is 0 Å². The average Bonchev–Trinajstić information content (AvgIpc) is 3.02. The molecule has 4 heteroatoms. The molecule has 1 spiro atoms. The number of aliphatic imine (C=N–C) groups is 1. The first kappa shape index (κ1) is 14.2. The van der Waals surface area contributed by atoms with Gasteiger partial charge in [0.15, 0.2) is 5.96 Å². The quantitative estimate of drug-likeness (QED) is 0.476. The van der Waals surface area contributed by atoms with Gasteiger partial charge in [-0.15, -0.1) is 0 Å². The number of hydrogen-bond donors (Lipinski definition) is 1. The molecule has 3 rings (SSSR count). The van der Waals surface area contributed by atoms with Crippen LogP contribution in [0.1, 0.15) is 45.4 Å². The van der Waals surface area contributed by atoms with Crippen LogP contribution in [0.3, 0.4) is 0 Å². The number of rotatable bonds is 5. The van der Waals surface area contributed by atoms with Crippen LogP contribution in [0.4, 0.5) is 0 Å². The fourth-order valence-electron chi connectivity index (χ4n) is 3.48. The summed E-state index contributed by atoms with van der Waals surface area (Å²) in [6.07, 6.45) is 8.03. The number of nitrogens with one attached hydrogen (secondary N) is 1. The van der Waals surface area contributed by atoms with Crippen molar-refractivity contribution in [2.75, 3.05) is 39.4 Å². The molecule has 2 aliphatic heterocycles. The van der Waals surface area contributed by atoms with Crippen molar-refractivity contribution < 1.29 is 4.74 Å². The van der Waals surface area contributed by atoms with Crippen LogP contribution >= 0.6 is 0 Å². The summed E-state index contributed by atoms with van der Waals surface area (Å²) in [5, 5.41) is 3.47. The van der Waals surface area contributed by atoms with Gasteiger partial charge in [-0.1, -0.05) is 12.8 Å². The summed E-state index contributed by atoms with van der Waals surface area (Å²) in [6, 6.07) is 0. The van der Waals surface area contributed by atoms with Crippen molar-refractivity contribution in [1.82, 2.24) is 10.2 Å². The van der Waals surface area contributed by atoms with E-state index >= 15 is 0 Å². The maximum atomic E-state index is 5.62. The molecule has 0 aromatic rings. The largest absolute Gasteiger partial charge is 0.381 e. The molecule has 3 aliphatic rings. The summed E-state index contributed by atoms with van der Waals surface area (Å²) in [4.78, 5) is 7.29. The van der Waals surface area contributed by atoms with Crippen molar-refractivity contribution in [3.63, 3.8) is 0 Å². The predicted octanol–water partition coefficient (Wildman–Crippen LogP) is 2.25. The Morgan fingerprint density at radius 1 is 1.40 bits per heavy atom. The second-order valence-corrected chi connectivity index (χ2v) is 6.80. The lowest BCUT2D eigenvalue weighted by Crippen LogP contribution is -2.41. The Kier molecular flexibility index (Phi) is 4.49. The summed E-state index contributed by atoms with van der Waals surface area (Å²) >= 11 is 0. The van der Waals surface area contributed by atoms with Gasteiger partial charge in [-0.05, 0) is 38.5 Å². The Hall–Kier alpha value is -0.770. The van der Waals surface area contributed by atoms with E-state index in [4.69, 9.17) is 9.73 Å². The van der Waals surface area contributed by atoms with E-state index in [1.54, 1.807) is 0 Å². The fourth-order valence-corrected chi connectivity index (χ4v) is 3.48. The van der Waals surface area contributed by atoms with Crippen molar-refractivity contribution in [2.45, 2.75) is 45.4 Å². The first-order valence-electron chi connectivity index (χ1n) is 8.42. The molecule has 2 heterocycles. The molecule has 114 valence electrons. The minimum atomic E-state index is 0.421. The zero-order valence-electron chi connectivity index (χ0n) is 12.9. The monoisotopic (exact) mass is 279 g/mol. The molecule has 0 bridgehead atoms. The van der Waals surface area contributed by atoms with E-state index in [0.29, 0.717) is 5.41 Å². The van der Waals surface area contributed by atoms with Crippen molar-refractivity contribution in [3.05, 3.63) is 0 Å². The van der Waals surface area contributed by atoms with Gasteiger partial charge in [-0.2, -0.15) is 0 Å². The van der Waals surface area contributed by atoms with E-state index in [0.717, 1.165) is 51.3 Å². The Morgan fingerprint density at radius 2 is 2.30 bits per heavy atom. The second-order valence-electron chi connectivity index (χ2n) is 6.80. The highest BCUT2D eigenvalue weighted by Crippen LogP contribution is 2.38. The number of ether oxygens (including phenoxy) is 1. The second kappa shape index (κ2) is 6.33. The molecule has 1 unspecified atom stereocenters. The Balaban J connectivity index is 1.51. The first-order chi connectivity index (χ1) is 9.81. The van der Waals surface area contributed by atoms with Gasteiger partial charge < -0.3 is 15.0 Å². The van der Waals surface area contributed by atoms with Crippen LogP contribution in [-0.2, 0) is 4.74 Å². The first-order valence-corrected chi connectivity index (χ1v) is 8.42. The highest BCUT2D eigenvalue weighted by atomic mass is 16.5. The minimum Gasteiger partial charge on any atom is -0.381 e. The fraction of sp³-hybridized carbons (Fsp3) is 0.938. The third kappa shape index (κ3) is 3.46. The van der Waals surface area contributed by atoms with Crippen LogP contribution in [0, 0.1) is 11.3 Å². The lowest BCUT2D eigenvalue weighted by Gasteiger charge is -2.25. The molecule has 1 aliphatic carbocycles. The topological polar surface area (TPSA) is 36.9 Å². The summed E-state index contributed by atoms with van der Waals surface area (Å²) < 4.78 is 5.62. The van der Waals surface area contributed by atoms with E-state index in [1.165, 1.54) is 38.5 Å². The van der Waals surface area contributed by atoms with Crippen LogP contribution in [0.2, 0.25) is 0 Å². The minimum absolute atomic E-state index is 0.421. The molecule has 1 saturated carbocycles. The van der Waals surface area contributed by atoms with Crippen molar-refractivity contribution in [3.8, 4) is 0 Å². The highest BCUT2D eigenvalue weighted by molar-refractivity contribution is 5.80. The summed E-state index contributed by atoms with van der Waals surface area (Å²) in [5.41, 5.74) is 0.421. The molecule has 2 saturated heterocycles.